The summed E-state index contributed by atoms with van der Waals surface area (Å²) in [5, 5.41) is 8.07. The second-order valence-corrected chi connectivity index (χ2v) is 6.81. The molecule has 1 atom stereocenters. The average molecular weight is 306 g/mol. The number of aromatic nitrogens is 1. The molecular formula is C14H18N4O2S. The van der Waals surface area contributed by atoms with Crippen LogP contribution in [0.5, 0.6) is 0 Å². The molecule has 1 aromatic heterocycles. The molecule has 0 fully saturated rings. The smallest absolute Gasteiger partial charge is 0.241 e. The molecule has 0 saturated heterocycles. The van der Waals surface area contributed by atoms with Crippen LogP contribution in [0.15, 0.2) is 41.4 Å². The Bertz CT molecular complexity index is 766. The van der Waals surface area contributed by atoms with Gasteiger partial charge in [-0.1, -0.05) is 19.9 Å². The lowest BCUT2D eigenvalue weighted by Crippen LogP contribution is -2.47. The van der Waals surface area contributed by atoms with Crippen LogP contribution in [0.3, 0.4) is 0 Å². The van der Waals surface area contributed by atoms with Gasteiger partial charge in [-0.15, -0.1) is 0 Å². The number of hydrogen-bond acceptors (Lipinski definition) is 4. The van der Waals surface area contributed by atoms with E-state index in [-0.39, 0.29) is 16.6 Å². The van der Waals surface area contributed by atoms with Gasteiger partial charge in [-0.3, -0.25) is 10.4 Å². The Labute approximate surface area is 123 Å². The van der Waals surface area contributed by atoms with Crippen LogP contribution in [0, 0.1) is 11.3 Å². The van der Waals surface area contributed by atoms with E-state index in [0.717, 1.165) is 0 Å². The maximum Gasteiger partial charge on any atom is 0.241 e. The van der Waals surface area contributed by atoms with Gasteiger partial charge < -0.3 is 5.73 Å². The second-order valence-electron chi connectivity index (χ2n) is 5.12. The summed E-state index contributed by atoms with van der Waals surface area (Å²) in [7, 11) is -3.79. The van der Waals surface area contributed by atoms with Crippen LogP contribution in [0.4, 0.5) is 0 Å². The summed E-state index contributed by atoms with van der Waals surface area (Å²) in [6.45, 7) is 3.61. The molecule has 1 heterocycles. The lowest BCUT2D eigenvalue weighted by atomic mass is 10.1. The molecule has 0 saturated carbocycles. The number of hydrogen-bond donors (Lipinski definition) is 3. The molecule has 112 valence electrons. The highest BCUT2D eigenvalue weighted by Crippen LogP contribution is 2.21. The Morgan fingerprint density at radius 2 is 2.00 bits per heavy atom. The molecule has 1 aromatic carbocycles. The van der Waals surface area contributed by atoms with Crippen molar-refractivity contribution >= 4 is 26.8 Å². The van der Waals surface area contributed by atoms with Crippen molar-refractivity contribution in [1.29, 1.82) is 5.41 Å². The zero-order chi connectivity index (χ0) is 15.6. The third kappa shape index (κ3) is 3.20. The fourth-order valence-corrected chi connectivity index (χ4v) is 3.68. The number of rotatable bonds is 5. The first-order chi connectivity index (χ1) is 9.83. The van der Waals surface area contributed by atoms with E-state index in [4.69, 9.17) is 11.1 Å². The molecular weight excluding hydrogens is 288 g/mol. The minimum absolute atomic E-state index is 0.120. The zero-order valence-corrected chi connectivity index (χ0v) is 12.7. The van der Waals surface area contributed by atoms with Crippen LogP contribution in [-0.4, -0.2) is 25.3 Å². The van der Waals surface area contributed by atoms with Gasteiger partial charge in [-0.2, -0.15) is 0 Å². The summed E-state index contributed by atoms with van der Waals surface area (Å²) in [5.74, 6) is -0.322. The Hall–Kier alpha value is -1.99. The van der Waals surface area contributed by atoms with E-state index in [1.807, 2.05) is 0 Å². The number of benzene rings is 1. The van der Waals surface area contributed by atoms with Crippen LogP contribution in [0.25, 0.3) is 10.9 Å². The summed E-state index contributed by atoms with van der Waals surface area (Å²) in [4.78, 5) is 4.28. The molecule has 0 amide bonds. The van der Waals surface area contributed by atoms with Crippen molar-refractivity contribution in [2.75, 3.05) is 0 Å². The fraction of sp³-hybridized carbons (Fsp3) is 0.286. The Balaban J connectivity index is 2.50. The van der Waals surface area contributed by atoms with E-state index in [9.17, 15) is 8.42 Å². The van der Waals surface area contributed by atoms with Crippen molar-refractivity contribution in [1.82, 2.24) is 9.71 Å². The van der Waals surface area contributed by atoms with E-state index in [1.54, 1.807) is 44.3 Å². The van der Waals surface area contributed by atoms with Gasteiger partial charge in [0, 0.05) is 11.6 Å². The van der Waals surface area contributed by atoms with E-state index in [1.165, 1.54) is 6.07 Å². The molecule has 4 N–H and O–H groups in total. The number of nitrogens with two attached hydrogens (primary N) is 1. The topological polar surface area (TPSA) is 109 Å². The monoisotopic (exact) mass is 306 g/mol. The van der Waals surface area contributed by atoms with E-state index >= 15 is 0 Å². The third-order valence-electron chi connectivity index (χ3n) is 3.18. The maximum absolute atomic E-state index is 12.6. The first kappa shape index (κ1) is 15.4. The zero-order valence-electron chi connectivity index (χ0n) is 11.9. The van der Waals surface area contributed by atoms with Crippen molar-refractivity contribution in [2.45, 2.75) is 24.8 Å². The molecule has 7 heteroatoms. The van der Waals surface area contributed by atoms with Crippen molar-refractivity contribution in [3.05, 3.63) is 36.5 Å². The standard InChI is InChI=1S/C14H18N4O2S/c1-9(2)13(14(15)16)18-21(19,20)12-7-3-6-11-10(12)5-4-8-17-11/h3-9,13,18H,1-2H3,(H3,15,16). The Kier molecular flexibility index (Phi) is 4.24. The van der Waals surface area contributed by atoms with Gasteiger partial charge in [-0.25, -0.2) is 13.1 Å². The van der Waals surface area contributed by atoms with Crippen molar-refractivity contribution in [2.24, 2.45) is 11.7 Å². The molecule has 1 unspecified atom stereocenters. The van der Waals surface area contributed by atoms with E-state index in [0.29, 0.717) is 10.9 Å². The Morgan fingerprint density at radius 3 is 2.62 bits per heavy atom. The van der Waals surface area contributed by atoms with Gasteiger partial charge in [0.15, 0.2) is 0 Å². The predicted molar refractivity (Wildman–Crippen MR) is 82.6 cm³/mol. The molecule has 0 aliphatic carbocycles. The summed E-state index contributed by atoms with van der Waals surface area (Å²) >= 11 is 0. The molecule has 2 rings (SSSR count). The molecule has 0 aliphatic rings. The van der Waals surface area contributed by atoms with Crippen molar-refractivity contribution in [3.8, 4) is 0 Å². The van der Waals surface area contributed by atoms with Crippen LogP contribution in [0.1, 0.15) is 13.8 Å². The number of amidine groups is 1. The molecule has 6 nitrogen and oxygen atoms in total. The number of nitrogens with zero attached hydrogens (tertiary/aromatic N) is 1. The Morgan fingerprint density at radius 1 is 1.29 bits per heavy atom. The van der Waals surface area contributed by atoms with Crippen LogP contribution >= 0.6 is 0 Å². The predicted octanol–water partition coefficient (Wildman–Crippen LogP) is 1.47. The average Bonchev–Trinajstić information content (AvgIpc) is 2.43. The van der Waals surface area contributed by atoms with Crippen molar-refractivity contribution in [3.63, 3.8) is 0 Å². The largest absolute Gasteiger partial charge is 0.386 e. The van der Waals surface area contributed by atoms with Crippen molar-refractivity contribution < 1.29 is 8.42 Å². The minimum Gasteiger partial charge on any atom is -0.386 e. The summed E-state index contributed by atoms with van der Waals surface area (Å²) in [6.07, 6.45) is 1.61. The fourth-order valence-electron chi connectivity index (χ4n) is 2.10. The van der Waals surface area contributed by atoms with Gasteiger partial charge >= 0.3 is 0 Å². The van der Waals surface area contributed by atoms with Gasteiger partial charge in [0.1, 0.15) is 5.84 Å². The SMILES string of the molecule is CC(C)C(NS(=O)(=O)c1cccc2ncccc12)C(=N)N. The first-order valence-corrected chi connectivity index (χ1v) is 8.01. The molecule has 0 bridgehead atoms. The lowest BCUT2D eigenvalue weighted by molar-refractivity contribution is 0.522. The van der Waals surface area contributed by atoms with Crippen LogP contribution in [-0.2, 0) is 10.0 Å². The second kappa shape index (κ2) is 5.79. The summed E-state index contributed by atoms with van der Waals surface area (Å²) in [5.41, 5.74) is 6.08. The van der Waals surface area contributed by atoms with Gasteiger partial charge in [0.2, 0.25) is 10.0 Å². The van der Waals surface area contributed by atoms with Gasteiger partial charge in [-0.05, 0) is 30.2 Å². The minimum atomic E-state index is -3.79. The number of nitrogens with one attached hydrogen (secondary N) is 2. The quantitative estimate of drug-likeness (QED) is 0.574. The number of pyridine rings is 1. The molecule has 0 radical (unpaired) electrons. The highest BCUT2D eigenvalue weighted by Gasteiger charge is 2.25. The molecule has 0 spiro atoms. The number of fused-ring (bicyclic) bond motifs is 1. The molecule has 2 aromatic rings. The van der Waals surface area contributed by atoms with E-state index in [2.05, 4.69) is 9.71 Å². The maximum atomic E-state index is 12.6. The van der Waals surface area contributed by atoms with Crippen LogP contribution < -0.4 is 10.5 Å². The van der Waals surface area contributed by atoms with Crippen LogP contribution in [0.2, 0.25) is 0 Å². The lowest BCUT2D eigenvalue weighted by Gasteiger charge is -2.21. The summed E-state index contributed by atoms with van der Waals surface area (Å²) < 4.78 is 27.6. The highest BCUT2D eigenvalue weighted by atomic mass is 32.2. The first-order valence-electron chi connectivity index (χ1n) is 6.53. The highest BCUT2D eigenvalue weighted by molar-refractivity contribution is 7.89. The normalized spacial score (nSPS) is 13.5. The third-order valence-corrected chi connectivity index (χ3v) is 4.68. The number of sulfonamides is 1. The molecule has 0 aliphatic heterocycles. The van der Waals surface area contributed by atoms with E-state index < -0.39 is 16.1 Å². The molecule has 21 heavy (non-hydrogen) atoms. The van der Waals surface area contributed by atoms with Gasteiger partial charge in [0.25, 0.3) is 0 Å². The summed E-state index contributed by atoms with van der Waals surface area (Å²) in [6, 6.07) is 7.56. The van der Waals surface area contributed by atoms with Gasteiger partial charge in [0.05, 0.1) is 16.5 Å².